The number of hydrogen-bond acceptors (Lipinski definition) is 2. The zero-order chi connectivity index (χ0) is 9.52. The van der Waals surface area contributed by atoms with Gasteiger partial charge < -0.3 is 21.9 Å². The van der Waals surface area contributed by atoms with Gasteiger partial charge in [0.25, 0.3) is 6.29 Å². The average molecular weight is 216 g/mol. The monoisotopic (exact) mass is 215 g/mol. The van der Waals surface area contributed by atoms with E-state index in [-0.39, 0.29) is 12.4 Å². The van der Waals surface area contributed by atoms with Gasteiger partial charge in [0.2, 0.25) is 6.21 Å². The highest BCUT2D eigenvalue weighted by molar-refractivity contribution is 5.54. The van der Waals surface area contributed by atoms with Crippen molar-refractivity contribution < 1.29 is 27.3 Å². The highest BCUT2D eigenvalue weighted by Crippen LogP contribution is 2.10. The van der Waals surface area contributed by atoms with Gasteiger partial charge in [0.1, 0.15) is 5.75 Å². The van der Waals surface area contributed by atoms with Crippen LogP contribution < -0.4 is 22.6 Å². The molecule has 0 bridgehead atoms. The van der Waals surface area contributed by atoms with Gasteiger partial charge in [-0.05, 0) is 19.1 Å². The number of hydrogen-bond donors (Lipinski definition) is 1. The third-order valence-electron chi connectivity index (χ3n) is 1.48. The van der Waals surface area contributed by atoms with Crippen LogP contribution in [-0.4, -0.2) is 19.1 Å². The molecule has 4 heteroatoms. The number of rotatable bonds is 5. The Morgan fingerprint density at radius 2 is 2.00 bits per heavy atom. The molecule has 1 aromatic carbocycles. The molecular formula is C10H14ClNO2. The molecular weight excluding hydrogens is 202 g/mol. The van der Waals surface area contributed by atoms with Crippen molar-refractivity contribution in [2.45, 2.75) is 13.2 Å². The van der Waals surface area contributed by atoms with E-state index in [0.717, 1.165) is 5.75 Å². The van der Waals surface area contributed by atoms with Crippen LogP contribution in [0.4, 0.5) is 0 Å². The number of halogens is 1. The number of benzene rings is 1. The van der Waals surface area contributed by atoms with Crippen LogP contribution in [0.3, 0.4) is 0 Å². The Balaban J connectivity index is 0.00000169. The Kier molecular flexibility index (Phi) is 6.80. The fraction of sp³-hybridized carbons (Fsp3) is 0.300. The molecule has 0 amide bonds. The van der Waals surface area contributed by atoms with E-state index < -0.39 is 6.29 Å². The van der Waals surface area contributed by atoms with E-state index in [0.29, 0.717) is 6.61 Å². The van der Waals surface area contributed by atoms with Gasteiger partial charge in [0.15, 0.2) is 0 Å². The first kappa shape index (κ1) is 12.9. The lowest BCUT2D eigenvalue weighted by atomic mass is 10.3. The number of para-hydroxylation sites is 1. The molecule has 1 atom stereocenters. The fourth-order valence-corrected chi connectivity index (χ4v) is 0.926. The number of nitrogens with two attached hydrogens (primary N) is 1. The van der Waals surface area contributed by atoms with Crippen LogP contribution in [0.15, 0.2) is 30.3 Å². The molecule has 78 valence electrons. The largest absolute Gasteiger partial charge is 1.00 e. The van der Waals surface area contributed by atoms with Gasteiger partial charge in [-0.15, -0.1) is 0 Å². The van der Waals surface area contributed by atoms with Crippen LogP contribution in [0.25, 0.3) is 0 Å². The summed E-state index contributed by atoms with van der Waals surface area (Å²) < 4.78 is 10.6. The molecule has 0 aliphatic heterocycles. The van der Waals surface area contributed by atoms with Gasteiger partial charge >= 0.3 is 0 Å². The maximum atomic E-state index is 5.40. The van der Waals surface area contributed by atoms with E-state index in [4.69, 9.17) is 14.9 Å². The van der Waals surface area contributed by atoms with Crippen LogP contribution in [0.1, 0.15) is 6.92 Å². The second kappa shape index (κ2) is 7.35. The second-order valence-electron chi connectivity index (χ2n) is 2.45. The SMILES string of the molecule is CCOC(C=[NH2+])Oc1ccccc1.[Cl-]. The molecule has 0 aliphatic rings. The van der Waals surface area contributed by atoms with Gasteiger partial charge in [-0.25, -0.2) is 0 Å². The van der Waals surface area contributed by atoms with E-state index in [1.165, 1.54) is 6.21 Å². The molecule has 2 N–H and O–H groups in total. The van der Waals surface area contributed by atoms with Crippen molar-refractivity contribution in [2.75, 3.05) is 6.61 Å². The zero-order valence-corrected chi connectivity index (χ0v) is 8.78. The van der Waals surface area contributed by atoms with Gasteiger partial charge in [-0.1, -0.05) is 18.2 Å². The predicted octanol–water partition coefficient (Wildman–Crippen LogP) is -2.74. The van der Waals surface area contributed by atoms with Crippen molar-refractivity contribution >= 4 is 6.21 Å². The minimum absolute atomic E-state index is 0. The molecule has 0 heterocycles. The topological polar surface area (TPSA) is 44.0 Å². The Bertz CT molecular complexity index is 254. The van der Waals surface area contributed by atoms with Gasteiger partial charge in [0, 0.05) is 6.61 Å². The summed E-state index contributed by atoms with van der Waals surface area (Å²) in [6.07, 6.45) is 0.920. The highest BCUT2D eigenvalue weighted by Gasteiger charge is 2.07. The van der Waals surface area contributed by atoms with Crippen molar-refractivity contribution in [3.8, 4) is 5.75 Å². The lowest BCUT2D eigenvalue weighted by Crippen LogP contribution is -3.00. The second-order valence-corrected chi connectivity index (χ2v) is 2.45. The molecule has 0 aromatic heterocycles. The summed E-state index contributed by atoms with van der Waals surface area (Å²) in [6.45, 7) is 2.47. The standard InChI is InChI=1S/C10H13NO2.ClH/c1-2-12-10(8-11)13-9-6-4-3-5-7-9;/h3-8,10-11H,2H2,1H3;1H. The van der Waals surface area contributed by atoms with Crippen molar-refractivity contribution in [3.63, 3.8) is 0 Å². The molecule has 0 radical (unpaired) electrons. The lowest BCUT2D eigenvalue weighted by molar-refractivity contribution is -0.136. The summed E-state index contributed by atoms with van der Waals surface area (Å²) in [5, 5.41) is 5.33. The molecule has 14 heavy (non-hydrogen) atoms. The molecule has 0 fully saturated rings. The smallest absolute Gasteiger partial charge is 0.277 e. The van der Waals surface area contributed by atoms with Crippen LogP contribution in [0.2, 0.25) is 0 Å². The number of ether oxygens (including phenoxy) is 2. The summed E-state index contributed by atoms with van der Waals surface area (Å²) in [5.74, 6) is 0.752. The minimum Gasteiger partial charge on any atom is -1.00 e. The van der Waals surface area contributed by atoms with E-state index in [1.807, 2.05) is 37.3 Å². The van der Waals surface area contributed by atoms with Crippen LogP contribution in [0, 0.1) is 0 Å². The summed E-state index contributed by atoms with van der Waals surface area (Å²) in [5.41, 5.74) is 0. The van der Waals surface area contributed by atoms with Crippen LogP contribution >= 0.6 is 0 Å². The molecule has 1 aromatic rings. The average Bonchev–Trinajstić information content (AvgIpc) is 2.19. The predicted molar refractivity (Wildman–Crippen MR) is 50.5 cm³/mol. The molecule has 0 saturated carbocycles. The highest BCUT2D eigenvalue weighted by atomic mass is 35.5. The Labute approximate surface area is 90.0 Å². The van der Waals surface area contributed by atoms with E-state index in [1.54, 1.807) is 0 Å². The molecule has 3 nitrogen and oxygen atoms in total. The fourth-order valence-electron chi connectivity index (χ4n) is 0.926. The van der Waals surface area contributed by atoms with Crippen molar-refractivity contribution in [2.24, 2.45) is 0 Å². The summed E-state index contributed by atoms with van der Waals surface area (Å²) in [7, 11) is 0. The quantitative estimate of drug-likeness (QED) is 0.428. The Morgan fingerprint density at radius 3 is 2.50 bits per heavy atom. The minimum atomic E-state index is -0.465. The molecule has 0 aliphatic carbocycles. The third-order valence-corrected chi connectivity index (χ3v) is 1.48. The van der Waals surface area contributed by atoms with Gasteiger partial charge in [-0.2, -0.15) is 0 Å². The third kappa shape index (κ3) is 4.25. The Morgan fingerprint density at radius 1 is 1.36 bits per heavy atom. The van der Waals surface area contributed by atoms with Crippen LogP contribution in [-0.2, 0) is 4.74 Å². The molecule has 1 unspecified atom stereocenters. The molecule has 0 saturated heterocycles. The molecule has 0 spiro atoms. The summed E-state index contributed by atoms with van der Waals surface area (Å²) >= 11 is 0. The van der Waals surface area contributed by atoms with Crippen molar-refractivity contribution in [1.29, 1.82) is 0 Å². The normalized spacial score (nSPS) is 11.2. The van der Waals surface area contributed by atoms with Gasteiger partial charge in [-0.3, -0.25) is 5.41 Å². The zero-order valence-electron chi connectivity index (χ0n) is 8.02. The van der Waals surface area contributed by atoms with E-state index in [9.17, 15) is 0 Å². The van der Waals surface area contributed by atoms with E-state index in [2.05, 4.69) is 0 Å². The maximum Gasteiger partial charge on any atom is 0.277 e. The van der Waals surface area contributed by atoms with Crippen molar-refractivity contribution in [3.05, 3.63) is 30.3 Å². The Hall–Kier alpha value is -1.06. The first-order chi connectivity index (χ1) is 6.36. The van der Waals surface area contributed by atoms with E-state index >= 15 is 0 Å². The first-order valence-electron chi connectivity index (χ1n) is 4.25. The lowest BCUT2D eigenvalue weighted by Gasteiger charge is -2.11. The van der Waals surface area contributed by atoms with Crippen molar-refractivity contribution in [1.82, 2.24) is 0 Å². The van der Waals surface area contributed by atoms with Gasteiger partial charge in [0.05, 0.1) is 0 Å². The molecule has 1 rings (SSSR count). The maximum absolute atomic E-state index is 5.40. The summed E-state index contributed by atoms with van der Waals surface area (Å²) in [4.78, 5) is 0. The van der Waals surface area contributed by atoms with Crippen LogP contribution in [0.5, 0.6) is 5.75 Å². The first-order valence-corrected chi connectivity index (χ1v) is 4.25. The summed E-state index contributed by atoms with van der Waals surface area (Å²) in [6, 6.07) is 9.43.